The first-order valence-electron chi connectivity index (χ1n) is 9.34. The van der Waals surface area contributed by atoms with Gasteiger partial charge in [0, 0.05) is 42.0 Å². The van der Waals surface area contributed by atoms with E-state index in [1.54, 1.807) is 6.20 Å². The van der Waals surface area contributed by atoms with Gasteiger partial charge in [-0.1, -0.05) is 43.8 Å². The third-order valence-electron chi connectivity index (χ3n) is 4.44. The summed E-state index contributed by atoms with van der Waals surface area (Å²) in [7, 11) is 0. The fourth-order valence-corrected chi connectivity index (χ4v) is 4.03. The second kappa shape index (κ2) is 8.60. The number of Topliss-reactive ketones (excluding diaryl/α,β-unsaturated/α-hetero) is 1. The van der Waals surface area contributed by atoms with Gasteiger partial charge >= 0.3 is 0 Å². The van der Waals surface area contributed by atoms with E-state index in [0.717, 1.165) is 23.3 Å². The van der Waals surface area contributed by atoms with Crippen LogP contribution in [0.5, 0.6) is 0 Å². The van der Waals surface area contributed by atoms with E-state index in [2.05, 4.69) is 29.0 Å². The van der Waals surface area contributed by atoms with Crippen LogP contribution in [-0.4, -0.2) is 36.7 Å². The highest BCUT2D eigenvalue weighted by Gasteiger charge is 2.23. The van der Waals surface area contributed by atoms with E-state index in [9.17, 15) is 9.59 Å². The molecule has 0 spiro atoms. The zero-order valence-electron chi connectivity index (χ0n) is 16.3. The molecule has 1 unspecified atom stereocenters. The molecule has 2 heterocycles. The fourth-order valence-electron chi connectivity index (χ4n) is 3.08. The van der Waals surface area contributed by atoms with Crippen molar-refractivity contribution in [2.45, 2.75) is 50.6 Å². The van der Waals surface area contributed by atoms with E-state index < -0.39 is 0 Å². The molecular formula is C20H25N5O2S. The Morgan fingerprint density at radius 2 is 1.96 bits per heavy atom. The van der Waals surface area contributed by atoms with Crippen LogP contribution in [0, 0.1) is 5.92 Å². The van der Waals surface area contributed by atoms with Crippen molar-refractivity contribution in [3.63, 3.8) is 0 Å². The Labute approximate surface area is 168 Å². The third kappa shape index (κ3) is 4.44. The predicted octanol–water partition coefficient (Wildman–Crippen LogP) is 3.20. The van der Waals surface area contributed by atoms with E-state index in [1.807, 2.05) is 35.8 Å². The topological polar surface area (TPSA) is 107 Å². The van der Waals surface area contributed by atoms with Crippen molar-refractivity contribution in [3.8, 4) is 0 Å². The van der Waals surface area contributed by atoms with Crippen LogP contribution in [0.2, 0.25) is 0 Å². The molecule has 148 valence electrons. The van der Waals surface area contributed by atoms with Gasteiger partial charge in [0.2, 0.25) is 5.91 Å². The number of benzene rings is 1. The molecule has 3 N–H and O–H groups in total. The van der Waals surface area contributed by atoms with Gasteiger partial charge in [-0.2, -0.15) is 0 Å². The minimum Gasteiger partial charge on any atom is -0.370 e. The Bertz CT molecular complexity index is 992. The smallest absolute Gasteiger partial charge is 0.217 e. The molecule has 0 saturated carbocycles. The summed E-state index contributed by atoms with van der Waals surface area (Å²) >= 11 is 1.39. The Hall–Kier alpha value is -2.61. The normalized spacial score (nSPS) is 12.6. The summed E-state index contributed by atoms with van der Waals surface area (Å²) in [6.07, 6.45) is 2.44. The maximum absolute atomic E-state index is 13.0. The molecule has 1 atom stereocenters. The van der Waals surface area contributed by atoms with Crippen molar-refractivity contribution in [3.05, 3.63) is 41.9 Å². The first kappa shape index (κ1) is 20.1. The largest absolute Gasteiger partial charge is 0.370 e. The monoisotopic (exact) mass is 399 g/mol. The molecule has 8 heteroatoms. The Morgan fingerprint density at radius 1 is 1.21 bits per heavy atom. The molecule has 3 rings (SSSR count). The summed E-state index contributed by atoms with van der Waals surface area (Å²) in [5.41, 5.74) is 6.89. The van der Waals surface area contributed by atoms with Gasteiger partial charge in [0.25, 0.3) is 0 Å². The number of aryl methyl sites for hydroxylation is 1. The highest BCUT2D eigenvalue weighted by molar-refractivity contribution is 8.00. The number of hydrogen-bond acceptors (Lipinski definition) is 5. The summed E-state index contributed by atoms with van der Waals surface area (Å²) in [6, 6.07) is 7.76. The van der Waals surface area contributed by atoms with Crippen LogP contribution in [0.25, 0.3) is 10.9 Å². The lowest BCUT2D eigenvalue weighted by atomic mass is 10.1. The van der Waals surface area contributed by atoms with Crippen molar-refractivity contribution in [2.24, 2.45) is 11.7 Å². The highest BCUT2D eigenvalue weighted by Crippen LogP contribution is 2.28. The molecule has 0 bridgehead atoms. The lowest BCUT2D eigenvalue weighted by Gasteiger charge is -2.14. The van der Waals surface area contributed by atoms with Crippen molar-refractivity contribution < 1.29 is 9.59 Å². The van der Waals surface area contributed by atoms with Crippen LogP contribution >= 0.6 is 11.8 Å². The number of nitrogens with two attached hydrogens (primary N) is 1. The zero-order valence-corrected chi connectivity index (χ0v) is 17.1. The number of hydrogen-bond donors (Lipinski definition) is 2. The summed E-state index contributed by atoms with van der Waals surface area (Å²) in [6.45, 7) is 6.81. The van der Waals surface area contributed by atoms with Crippen molar-refractivity contribution in [1.29, 1.82) is 0 Å². The number of carbonyl (C=O) groups excluding carboxylic acids is 2. The number of primary amides is 1. The van der Waals surface area contributed by atoms with E-state index in [4.69, 9.17) is 5.73 Å². The minimum absolute atomic E-state index is 0.0419. The van der Waals surface area contributed by atoms with Crippen LogP contribution < -0.4 is 5.73 Å². The number of H-pyrrole nitrogens is 1. The molecule has 3 aromatic rings. The second-order valence-corrected chi connectivity index (χ2v) is 8.55. The SMILES string of the molecule is CC(C)Cn1c(CCC(N)=O)nnc1SC(C)C(=O)c1c[nH]c2ccccc12. The van der Waals surface area contributed by atoms with Crippen LogP contribution in [-0.2, 0) is 17.8 Å². The standard InChI is InChI=1S/C20H25N5O2S/c1-12(2)11-25-18(9-8-17(21)26)23-24-20(25)28-13(3)19(27)15-10-22-16-7-5-4-6-14(15)16/h4-7,10,12-13,22H,8-9,11H2,1-3H3,(H2,21,26). The van der Waals surface area contributed by atoms with Gasteiger partial charge in [-0.15, -0.1) is 10.2 Å². The Balaban J connectivity index is 1.81. The van der Waals surface area contributed by atoms with Gasteiger partial charge in [-0.05, 0) is 18.9 Å². The van der Waals surface area contributed by atoms with Gasteiger partial charge < -0.3 is 15.3 Å². The first-order chi connectivity index (χ1) is 13.4. The molecule has 0 saturated heterocycles. The predicted molar refractivity (Wildman–Crippen MR) is 110 cm³/mol. The van der Waals surface area contributed by atoms with Crippen LogP contribution in [0.1, 0.15) is 43.4 Å². The number of para-hydroxylation sites is 1. The number of aromatic amines is 1. The van der Waals surface area contributed by atoms with E-state index in [1.165, 1.54) is 11.8 Å². The highest BCUT2D eigenvalue weighted by atomic mass is 32.2. The van der Waals surface area contributed by atoms with Gasteiger partial charge in [0.1, 0.15) is 5.82 Å². The number of amides is 1. The number of nitrogens with one attached hydrogen (secondary N) is 1. The fraction of sp³-hybridized carbons (Fsp3) is 0.400. The van der Waals surface area contributed by atoms with E-state index in [0.29, 0.717) is 23.1 Å². The molecule has 2 aromatic heterocycles. The average Bonchev–Trinajstić information content (AvgIpc) is 3.23. The molecule has 0 fully saturated rings. The second-order valence-electron chi connectivity index (χ2n) is 7.24. The van der Waals surface area contributed by atoms with Crippen molar-refractivity contribution in [2.75, 3.05) is 0 Å². The number of ketones is 1. The molecule has 0 radical (unpaired) electrons. The third-order valence-corrected chi connectivity index (χ3v) is 5.52. The molecule has 7 nitrogen and oxygen atoms in total. The summed E-state index contributed by atoms with van der Waals surface area (Å²) in [5, 5.41) is 9.80. The summed E-state index contributed by atoms with van der Waals surface area (Å²) < 4.78 is 2.00. The molecule has 0 aliphatic carbocycles. The van der Waals surface area contributed by atoms with E-state index >= 15 is 0 Å². The number of thioether (sulfide) groups is 1. The minimum atomic E-state index is -0.365. The number of carbonyl (C=O) groups is 2. The maximum Gasteiger partial charge on any atom is 0.217 e. The number of aromatic nitrogens is 4. The van der Waals surface area contributed by atoms with Gasteiger partial charge in [0.15, 0.2) is 10.9 Å². The summed E-state index contributed by atoms with van der Waals surface area (Å²) in [4.78, 5) is 27.3. The van der Waals surface area contributed by atoms with Crippen molar-refractivity contribution >= 4 is 34.4 Å². The molecule has 0 aliphatic rings. The Kier molecular flexibility index (Phi) is 6.18. The quantitative estimate of drug-likeness (QED) is 0.424. The first-order valence-corrected chi connectivity index (χ1v) is 10.2. The van der Waals surface area contributed by atoms with Gasteiger partial charge in [-0.25, -0.2) is 0 Å². The number of fused-ring (bicyclic) bond motifs is 1. The lowest BCUT2D eigenvalue weighted by Crippen LogP contribution is -2.17. The number of rotatable bonds is 9. The number of nitrogens with zero attached hydrogens (tertiary/aromatic N) is 3. The Morgan fingerprint density at radius 3 is 2.68 bits per heavy atom. The van der Waals surface area contributed by atoms with Gasteiger partial charge in [-0.3, -0.25) is 9.59 Å². The molecular weight excluding hydrogens is 374 g/mol. The zero-order chi connectivity index (χ0) is 20.3. The molecule has 1 amide bonds. The average molecular weight is 400 g/mol. The summed E-state index contributed by atoms with van der Waals surface area (Å²) in [5.74, 6) is 0.778. The van der Waals surface area contributed by atoms with Crippen LogP contribution in [0.4, 0.5) is 0 Å². The molecule has 1 aromatic carbocycles. The molecule has 28 heavy (non-hydrogen) atoms. The molecule has 0 aliphatic heterocycles. The van der Waals surface area contributed by atoms with Crippen LogP contribution in [0.15, 0.2) is 35.6 Å². The van der Waals surface area contributed by atoms with Crippen LogP contribution in [0.3, 0.4) is 0 Å². The van der Waals surface area contributed by atoms with E-state index in [-0.39, 0.29) is 23.4 Å². The maximum atomic E-state index is 13.0. The van der Waals surface area contributed by atoms with Gasteiger partial charge in [0.05, 0.1) is 5.25 Å². The van der Waals surface area contributed by atoms with Crippen molar-refractivity contribution in [1.82, 2.24) is 19.7 Å². The lowest BCUT2D eigenvalue weighted by molar-refractivity contribution is -0.118.